The Morgan fingerprint density at radius 2 is 1.82 bits per heavy atom. The number of amides is 2. The number of carbonyl (C=O) groups is 2. The van der Waals surface area contributed by atoms with E-state index in [2.05, 4.69) is 15.4 Å². The Kier molecular flexibility index (Phi) is 6.80. The van der Waals surface area contributed by atoms with Crippen molar-refractivity contribution >= 4 is 28.8 Å². The lowest BCUT2D eigenvalue weighted by molar-refractivity contribution is -0.116. The van der Waals surface area contributed by atoms with Crippen LogP contribution in [0.1, 0.15) is 17.5 Å². The molecule has 0 unspecified atom stereocenters. The van der Waals surface area contributed by atoms with Gasteiger partial charge in [-0.1, -0.05) is 36.4 Å². The summed E-state index contributed by atoms with van der Waals surface area (Å²) in [5, 5.41) is 9.23. The number of rotatable bonds is 8. The minimum Gasteiger partial charge on any atom is -0.495 e. The van der Waals surface area contributed by atoms with Crippen LogP contribution in [0.5, 0.6) is 5.75 Å². The Bertz CT molecular complexity index is 1240. The fourth-order valence-corrected chi connectivity index (χ4v) is 4.00. The largest absolute Gasteiger partial charge is 0.495 e. The van der Waals surface area contributed by atoms with E-state index >= 15 is 0 Å². The highest BCUT2D eigenvalue weighted by molar-refractivity contribution is 7.13. The van der Waals surface area contributed by atoms with Crippen LogP contribution in [0.4, 0.5) is 5.69 Å². The highest BCUT2D eigenvalue weighted by atomic mass is 32.1. The van der Waals surface area contributed by atoms with Gasteiger partial charge in [-0.25, -0.2) is 9.67 Å². The topological polar surface area (TPSA) is 89.4 Å². The van der Waals surface area contributed by atoms with Crippen LogP contribution in [0.15, 0.2) is 72.1 Å². The molecule has 168 valence electrons. The second-order valence-electron chi connectivity index (χ2n) is 7.05. The van der Waals surface area contributed by atoms with E-state index < -0.39 is 5.91 Å². The van der Waals surface area contributed by atoms with Crippen LogP contribution in [-0.2, 0) is 4.79 Å². The van der Waals surface area contributed by atoms with Crippen molar-refractivity contribution in [3.63, 3.8) is 0 Å². The number of ether oxygens (including phenoxy) is 1. The molecule has 0 fully saturated rings. The third-order valence-electron chi connectivity index (χ3n) is 4.93. The number of hydrogen-bond donors (Lipinski definition) is 1. The number of hydrogen-bond acceptors (Lipinski definition) is 6. The Balaban J connectivity index is 1.58. The molecule has 0 atom stereocenters. The van der Waals surface area contributed by atoms with Crippen LogP contribution >= 0.6 is 11.3 Å². The average Bonchev–Trinajstić information content (AvgIpc) is 3.53. The Hall–Kier alpha value is -3.98. The van der Waals surface area contributed by atoms with Crippen molar-refractivity contribution in [3.8, 4) is 22.1 Å². The van der Waals surface area contributed by atoms with Crippen molar-refractivity contribution in [1.29, 1.82) is 0 Å². The third kappa shape index (κ3) is 4.93. The summed E-state index contributed by atoms with van der Waals surface area (Å²) in [6.45, 7) is 2.00. The summed E-state index contributed by atoms with van der Waals surface area (Å²) >= 11 is 1.52. The standard InChI is InChI=1S/C24H23N5O3S/c1-3-28(16-21(30)25-18-12-7-8-13-19(18)32-2)24(31)22-26-23(20-14-9-15-33-20)29(27-22)17-10-5-4-6-11-17/h4-15H,3,16H2,1-2H3,(H,25,30). The number of anilines is 1. The van der Waals surface area contributed by atoms with Crippen LogP contribution in [-0.4, -0.2) is 51.7 Å². The second kappa shape index (κ2) is 10.1. The van der Waals surface area contributed by atoms with Gasteiger partial charge in [0.2, 0.25) is 11.7 Å². The van der Waals surface area contributed by atoms with E-state index in [0.29, 0.717) is 23.8 Å². The number of nitrogens with zero attached hydrogens (tertiary/aromatic N) is 4. The van der Waals surface area contributed by atoms with Gasteiger partial charge >= 0.3 is 0 Å². The molecule has 4 aromatic rings. The molecule has 0 aliphatic rings. The minimum atomic E-state index is -0.417. The molecule has 2 heterocycles. The highest BCUT2D eigenvalue weighted by Crippen LogP contribution is 2.26. The fourth-order valence-electron chi connectivity index (χ4n) is 3.30. The summed E-state index contributed by atoms with van der Waals surface area (Å²) in [6, 6.07) is 20.5. The van der Waals surface area contributed by atoms with Crippen LogP contribution in [0.25, 0.3) is 16.4 Å². The lowest BCUT2D eigenvalue weighted by atomic mass is 10.3. The molecule has 1 N–H and O–H groups in total. The predicted octanol–water partition coefficient (Wildman–Crippen LogP) is 4.11. The van der Waals surface area contributed by atoms with Gasteiger partial charge in [0.05, 0.1) is 23.4 Å². The minimum absolute atomic E-state index is 0.0363. The van der Waals surface area contributed by atoms with Gasteiger partial charge in [-0.05, 0) is 42.6 Å². The molecule has 33 heavy (non-hydrogen) atoms. The molecule has 2 aromatic carbocycles. The molecule has 0 saturated heterocycles. The third-order valence-corrected chi connectivity index (χ3v) is 5.79. The van der Waals surface area contributed by atoms with E-state index in [-0.39, 0.29) is 18.3 Å². The average molecular weight is 462 g/mol. The maximum atomic E-state index is 13.2. The van der Waals surface area contributed by atoms with Crippen LogP contribution in [0.3, 0.4) is 0 Å². The molecule has 0 saturated carbocycles. The second-order valence-corrected chi connectivity index (χ2v) is 8.00. The first kappa shape index (κ1) is 22.2. The molecule has 0 aliphatic carbocycles. The summed E-state index contributed by atoms with van der Waals surface area (Å²) in [5.74, 6) is 0.406. The van der Waals surface area contributed by atoms with E-state index in [0.717, 1.165) is 10.6 Å². The van der Waals surface area contributed by atoms with E-state index in [1.807, 2.05) is 60.8 Å². The lowest BCUT2D eigenvalue weighted by Gasteiger charge is -2.19. The van der Waals surface area contributed by atoms with Crippen molar-refractivity contribution in [3.05, 3.63) is 77.9 Å². The molecule has 8 nitrogen and oxygen atoms in total. The molecule has 2 amide bonds. The Morgan fingerprint density at radius 1 is 1.06 bits per heavy atom. The SMILES string of the molecule is CCN(CC(=O)Nc1ccccc1OC)C(=O)c1nc(-c2cccs2)n(-c2ccccc2)n1. The molecule has 0 aliphatic heterocycles. The van der Waals surface area contributed by atoms with Gasteiger partial charge in [-0.15, -0.1) is 16.4 Å². The first-order valence-electron chi connectivity index (χ1n) is 10.4. The normalized spacial score (nSPS) is 10.6. The molecule has 0 radical (unpaired) electrons. The number of nitrogens with one attached hydrogen (secondary N) is 1. The van der Waals surface area contributed by atoms with Crippen molar-refractivity contribution in [1.82, 2.24) is 19.7 Å². The summed E-state index contributed by atoms with van der Waals surface area (Å²) in [6.07, 6.45) is 0. The molecule has 9 heteroatoms. The van der Waals surface area contributed by atoms with Crippen molar-refractivity contribution < 1.29 is 14.3 Å². The number of carbonyl (C=O) groups excluding carboxylic acids is 2. The molecule has 4 rings (SSSR count). The number of methoxy groups -OCH3 is 1. The van der Waals surface area contributed by atoms with Crippen molar-refractivity contribution in [2.75, 3.05) is 25.5 Å². The highest BCUT2D eigenvalue weighted by Gasteiger charge is 2.25. The van der Waals surface area contributed by atoms with Crippen LogP contribution in [0.2, 0.25) is 0 Å². The number of thiophene rings is 1. The van der Waals surface area contributed by atoms with Gasteiger partial charge in [0.1, 0.15) is 12.3 Å². The number of para-hydroxylation sites is 3. The van der Waals surface area contributed by atoms with E-state index in [4.69, 9.17) is 4.74 Å². The van der Waals surface area contributed by atoms with Gasteiger partial charge in [0, 0.05) is 6.54 Å². The van der Waals surface area contributed by atoms with E-state index in [9.17, 15) is 9.59 Å². The zero-order valence-electron chi connectivity index (χ0n) is 18.3. The predicted molar refractivity (Wildman–Crippen MR) is 128 cm³/mol. The number of benzene rings is 2. The van der Waals surface area contributed by atoms with E-state index in [1.54, 1.807) is 22.9 Å². The summed E-state index contributed by atoms with van der Waals surface area (Å²) < 4.78 is 6.93. The maximum Gasteiger partial charge on any atom is 0.294 e. The summed E-state index contributed by atoms with van der Waals surface area (Å²) in [4.78, 5) is 32.7. The molecular formula is C24H23N5O3S. The molecule has 2 aromatic heterocycles. The zero-order chi connectivity index (χ0) is 23.2. The quantitative estimate of drug-likeness (QED) is 0.427. The molecular weight excluding hydrogens is 438 g/mol. The molecule has 0 spiro atoms. The number of aromatic nitrogens is 3. The summed E-state index contributed by atoms with van der Waals surface area (Å²) in [7, 11) is 1.53. The lowest BCUT2D eigenvalue weighted by Crippen LogP contribution is -2.38. The molecule has 0 bridgehead atoms. The Morgan fingerprint density at radius 3 is 2.52 bits per heavy atom. The van der Waals surface area contributed by atoms with Gasteiger partial charge in [0.15, 0.2) is 5.82 Å². The van der Waals surface area contributed by atoms with E-state index in [1.165, 1.54) is 23.3 Å². The zero-order valence-corrected chi connectivity index (χ0v) is 19.1. The fraction of sp³-hybridized carbons (Fsp3) is 0.167. The number of likely N-dealkylation sites (N-methyl/N-ethyl adjacent to an activating group) is 1. The van der Waals surface area contributed by atoms with Crippen LogP contribution < -0.4 is 10.1 Å². The van der Waals surface area contributed by atoms with Crippen molar-refractivity contribution in [2.45, 2.75) is 6.92 Å². The first-order valence-corrected chi connectivity index (χ1v) is 11.3. The maximum absolute atomic E-state index is 13.2. The van der Waals surface area contributed by atoms with Gasteiger partial charge in [0.25, 0.3) is 5.91 Å². The monoisotopic (exact) mass is 461 g/mol. The summed E-state index contributed by atoms with van der Waals surface area (Å²) in [5.41, 5.74) is 1.34. The van der Waals surface area contributed by atoms with Crippen molar-refractivity contribution in [2.24, 2.45) is 0 Å². The smallest absolute Gasteiger partial charge is 0.294 e. The van der Waals surface area contributed by atoms with Gasteiger partial charge in [-0.3, -0.25) is 9.59 Å². The Labute approximate surface area is 195 Å². The van der Waals surface area contributed by atoms with Gasteiger partial charge in [-0.2, -0.15) is 0 Å². The van der Waals surface area contributed by atoms with Gasteiger partial charge < -0.3 is 15.0 Å². The first-order chi connectivity index (χ1) is 16.1. The van der Waals surface area contributed by atoms with Crippen LogP contribution in [0, 0.1) is 0 Å².